The van der Waals surface area contributed by atoms with E-state index in [2.05, 4.69) is 0 Å². The zero-order valence-electron chi connectivity index (χ0n) is 16.7. The van der Waals surface area contributed by atoms with Gasteiger partial charge in [0.15, 0.2) is 0 Å². The maximum Gasteiger partial charge on any atom is 0.335 e. The van der Waals surface area contributed by atoms with Crippen LogP contribution < -0.4 is 18.9 Å². The predicted molar refractivity (Wildman–Crippen MR) is 105 cm³/mol. The molecular weight excluding hydrogens is 371 g/mol. The van der Waals surface area contributed by atoms with Crippen LogP contribution in [0.2, 0.25) is 0 Å². The average Bonchev–Trinajstić information content (AvgIpc) is 2.66. The Morgan fingerprint density at radius 1 is 0.778 bits per heavy atom. The summed E-state index contributed by atoms with van der Waals surface area (Å²) in [7, 11) is 2.93. The van der Waals surface area contributed by atoms with Gasteiger partial charge in [-0.05, 0) is 32.0 Å². The number of fused-ring (bicyclic) bond motifs is 1. The van der Waals surface area contributed by atoms with E-state index in [-0.39, 0.29) is 19.4 Å². The van der Waals surface area contributed by atoms with Crippen LogP contribution in [-0.2, 0) is 19.8 Å². The van der Waals surface area contributed by atoms with Gasteiger partial charge >= 0.3 is 7.60 Å². The highest BCUT2D eigenvalue weighted by Crippen LogP contribution is 2.55. The van der Waals surface area contributed by atoms with Gasteiger partial charge in [0.2, 0.25) is 0 Å². The first kappa shape index (κ1) is 21.4. The van der Waals surface area contributed by atoms with Gasteiger partial charge in [0.25, 0.3) is 0 Å². The zero-order chi connectivity index (χ0) is 20.0. The minimum Gasteiger partial charge on any atom is -0.496 e. The molecule has 7 nitrogen and oxygen atoms in total. The van der Waals surface area contributed by atoms with Crippen LogP contribution in [0.1, 0.15) is 19.4 Å². The third kappa shape index (κ3) is 4.32. The van der Waals surface area contributed by atoms with Crippen LogP contribution in [0.25, 0.3) is 10.8 Å². The molecule has 0 fully saturated rings. The molecule has 0 unspecified atom stereocenters. The standard InChI is InChI=1S/C19H27O7P/c1-7-25-27(20,26-8-2)12-13-11-16(23-5)17-14(21-3)9-10-15(22-4)18(17)19(13)24-6/h9-11H,7-8,12H2,1-6H3. The van der Waals surface area contributed by atoms with Crippen molar-refractivity contribution < 1.29 is 32.6 Å². The van der Waals surface area contributed by atoms with Crippen molar-refractivity contribution in [2.45, 2.75) is 20.0 Å². The molecule has 0 aromatic heterocycles. The van der Waals surface area contributed by atoms with Crippen molar-refractivity contribution in [2.24, 2.45) is 0 Å². The Morgan fingerprint density at radius 3 is 1.74 bits per heavy atom. The quantitative estimate of drug-likeness (QED) is 0.540. The fourth-order valence-electron chi connectivity index (χ4n) is 3.07. The number of methoxy groups -OCH3 is 4. The molecule has 2 rings (SSSR count). The molecule has 0 saturated carbocycles. The molecule has 0 aliphatic heterocycles. The van der Waals surface area contributed by atoms with Crippen molar-refractivity contribution in [3.05, 3.63) is 23.8 Å². The lowest BCUT2D eigenvalue weighted by atomic mass is 10.0. The first-order valence-electron chi connectivity index (χ1n) is 8.65. The summed E-state index contributed by atoms with van der Waals surface area (Å²) in [6, 6.07) is 5.36. The van der Waals surface area contributed by atoms with E-state index in [0.29, 0.717) is 39.3 Å². The Hall–Kier alpha value is -1.95. The van der Waals surface area contributed by atoms with E-state index >= 15 is 0 Å². The highest BCUT2D eigenvalue weighted by atomic mass is 31.2. The minimum atomic E-state index is -3.34. The van der Waals surface area contributed by atoms with Crippen molar-refractivity contribution in [3.8, 4) is 23.0 Å². The average molecular weight is 398 g/mol. The molecule has 0 spiro atoms. The number of benzene rings is 2. The predicted octanol–water partition coefficient (Wildman–Crippen LogP) is 4.64. The molecule has 0 radical (unpaired) electrons. The largest absolute Gasteiger partial charge is 0.496 e. The van der Waals surface area contributed by atoms with Crippen molar-refractivity contribution >= 4 is 18.4 Å². The van der Waals surface area contributed by atoms with Crippen LogP contribution in [-0.4, -0.2) is 41.7 Å². The van der Waals surface area contributed by atoms with Crippen LogP contribution >= 0.6 is 7.60 Å². The monoisotopic (exact) mass is 398 g/mol. The van der Waals surface area contributed by atoms with Gasteiger partial charge in [-0.2, -0.15) is 0 Å². The number of hydrogen-bond acceptors (Lipinski definition) is 7. The van der Waals surface area contributed by atoms with E-state index < -0.39 is 7.60 Å². The second-order valence-electron chi connectivity index (χ2n) is 5.60. The third-order valence-corrected chi connectivity index (χ3v) is 6.11. The second-order valence-corrected chi connectivity index (χ2v) is 7.65. The summed E-state index contributed by atoms with van der Waals surface area (Å²) in [5, 5.41) is 1.39. The van der Waals surface area contributed by atoms with Gasteiger partial charge in [-0.1, -0.05) is 0 Å². The first-order valence-corrected chi connectivity index (χ1v) is 10.4. The van der Waals surface area contributed by atoms with Crippen molar-refractivity contribution in [2.75, 3.05) is 41.7 Å². The van der Waals surface area contributed by atoms with E-state index in [1.165, 1.54) is 0 Å². The van der Waals surface area contributed by atoms with E-state index in [0.717, 1.165) is 0 Å². The molecule has 0 aliphatic carbocycles. The molecule has 0 aliphatic rings. The molecule has 0 heterocycles. The second kappa shape index (κ2) is 9.31. The van der Waals surface area contributed by atoms with E-state index in [1.807, 2.05) is 0 Å². The summed E-state index contributed by atoms with van der Waals surface area (Å²) in [5.41, 5.74) is 0.638. The summed E-state index contributed by atoms with van der Waals surface area (Å²) in [5.74, 6) is 2.27. The van der Waals surface area contributed by atoms with Crippen LogP contribution in [0.4, 0.5) is 0 Å². The molecule has 27 heavy (non-hydrogen) atoms. The number of hydrogen-bond donors (Lipinski definition) is 0. The highest BCUT2D eigenvalue weighted by molar-refractivity contribution is 7.53. The van der Waals surface area contributed by atoms with Gasteiger partial charge in [0, 0.05) is 5.56 Å². The fourth-order valence-corrected chi connectivity index (χ4v) is 4.77. The molecule has 0 N–H and O–H groups in total. The van der Waals surface area contributed by atoms with E-state index in [9.17, 15) is 4.57 Å². The zero-order valence-corrected chi connectivity index (χ0v) is 17.6. The highest BCUT2D eigenvalue weighted by Gasteiger charge is 2.29. The Balaban J connectivity index is 2.79. The molecule has 150 valence electrons. The van der Waals surface area contributed by atoms with Crippen LogP contribution in [0.15, 0.2) is 18.2 Å². The van der Waals surface area contributed by atoms with Gasteiger partial charge < -0.3 is 28.0 Å². The van der Waals surface area contributed by atoms with E-state index in [1.54, 1.807) is 60.5 Å². The molecule has 0 saturated heterocycles. The number of ether oxygens (including phenoxy) is 4. The van der Waals surface area contributed by atoms with Gasteiger partial charge in [-0.25, -0.2) is 0 Å². The van der Waals surface area contributed by atoms with Gasteiger partial charge in [-0.3, -0.25) is 4.57 Å². The fraction of sp³-hybridized carbons (Fsp3) is 0.474. The molecule has 2 aromatic rings. The molecule has 0 atom stereocenters. The Labute approximate surface area is 160 Å². The summed E-state index contributed by atoms with van der Waals surface area (Å²) in [6.07, 6.45) is 0.0461. The van der Waals surface area contributed by atoms with Crippen molar-refractivity contribution in [3.63, 3.8) is 0 Å². The van der Waals surface area contributed by atoms with Crippen molar-refractivity contribution in [1.82, 2.24) is 0 Å². The maximum absolute atomic E-state index is 13.1. The summed E-state index contributed by atoms with van der Waals surface area (Å²) in [6.45, 7) is 4.11. The molecule has 8 heteroatoms. The lowest BCUT2D eigenvalue weighted by molar-refractivity contribution is 0.219. The molecular formula is C19H27O7P. The Bertz CT molecular complexity index is 825. The van der Waals surface area contributed by atoms with Crippen LogP contribution in [0.5, 0.6) is 23.0 Å². The maximum atomic E-state index is 13.1. The topological polar surface area (TPSA) is 72.5 Å². The SMILES string of the molecule is CCOP(=O)(Cc1cc(OC)c2c(OC)ccc(OC)c2c1OC)OCC. The smallest absolute Gasteiger partial charge is 0.335 e. The van der Waals surface area contributed by atoms with Gasteiger partial charge in [-0.15, -0.1) is 0 Å². The van der Waals surface area contributed by atoms with Gasteiger partial charge in [0.1, 0.15) is 23.0 Å². The minimum absolute atomic E-state index is 0.0461. The summed E-state index contributed by atoms with van der Waals surface area (Å²) in [4.78, 5) is 0. The third-order valence-electron chi connectivity index (χ3n) is 4.08. The summed E-state index contributed by atoms with van der Waals surface area (Å²) < 4.78 is 46.2. The lowest BCUT2D eigenvalue weighted by Crippen LogP contribution is -2.03. The van der Waals surface area contributed by atoms with Crippen LogP contribution in [0.3, 0.4) is 0 Å². The van der Waals surface area contributed by atoms with Crippen molar-refractivity contribution in [1.29, 1.82) is 0 Å². The van der Waals surface area contributed by atoms with E-state index in [4.69, 9.17) is 28.0 Å². The molecule has 0 bridgehead atoms. The summed E-state index contributed by atoms with van der Waals surface area (Å²) >= 11 is 0. The Kier molecular flexibility index (Phi) is 7.36. The Morgan fingerprint density at radius 2 is 1.30 bits per heavy atom. The lowest BCUT2D eigenvalue weighted by Gasteiger charge is -2.22. The van der Waals surface area contributed by atoms with Gasteiger partial charge in [0.05, 0.1) is 58.6 Å². The van der Waals surface area contributed by atoms with Crippen LogP contribution in [0, 0.1) is 0 Å². The molecule has 0 amide bonds. The first-order chi connectivity index (χ1) is 13.0. The molecule has 2 aromatic carbocycles. The normalized spacial score (nSPS) is 11.5. The number of rotatable bonds is 10.